The number of rotatable bonds is 7. The zero-order valence-electron chi connectivity index (χ0n) is 15.2. The second-order valence-corrected chi connectivity index (χ2v) is 6.43. The SMILES string of the molecule is CCCCOc1ccccc1CN1C(=O)C(NC(C)=O)c2ccccc21. The average molecular weight is 352 g/mol. The monoisotopic (exact) mass is 352 g/mol. The third-order valence-electron chi connectivity index (χ3n) is 4.46. The van der Waals surface area contributed by atoms with Crippen LogP contribution in [-0.2, 0) is 16.1 Å². The Morgan fingerprint density at radius 3 is 2.65 bits per heavy atom. The van der Waals surface area contributed by atoms with E-state index in [1.54, 1.807) is 4.90 Å². The molecular weight excluding hydrogens is 328 g/mol. The van der Waals surface area contributed by atoms with E-state index in [2.05, 4.69) is 12.2 Å². The molecule has 0 fully saturated rings. The van der Waals surface area contributed by atoms with Gasteiger partial charge in [0, 0.05) is 23.7 Å². The number of carbonyl (C=O) groups excluding carboxylic acids is 2. The molecule has 136 valence electrons. The van der Waals surface area contributed by atoms with Crippen LogP contribution in [0.5, 0.6) is 5.75 Å². The summed E-state index contributed by atoms with van der Waals surface area (Å²) in [6.07, 6.45) is 2.06. The molecule has 0 spiro atoms. The minimum Gasteiger partial charge on any atom is -0.493 e. The lowest BCUT2D eigenvalue weighted by Crippen LogP contribution is -2.36. The average Bonchev–Trinajstić information content (AvgIpc) is 2.89. The molecule has 1 N–H and O–H groups in total. The molecule has 1 aliphatic heterocycles. The van der Waals surface area contributed by atoms with Gasteiger partial charge in [-0.15, -0.1) is 0 Å². The summed E-state index contributed by atoms with van der Waals surface area (Å²) in [5.41, 5.74) is 2.62. The summed E-state index contributed by atoms with van der Waals surface area (Å²) in [4.78, 5) is 26.2. The van der Waals surface area contributed by atoms with Gasteiger partial charge >= 0.3 is 0 Å². The number of unbranched alkanes of at least 4 members (excludes halogenated alkanes) is 1. The molecule has 1 heterocycles. The Bertz CT molecular complexity index is 803. The third kappa shape index (κ3) is 3.72. The van der Waals surface area contributed by atoms with E-state index in [1.807, 2.05) is 48.5 Å². The fourth-order valence-electron chi connectivity index (χ4n) is 3.16. The maximum Gasteiger partial charge on any atom is 0.254 e. The van der Waals surface area contributed by atoms with E-state index >= 15 is 0 Å². The standard InChI is InChI=1S/C21H24N2O3/c1-3-4-13-26-19-12-8-5-9-16(19)14-23-18-11-7-6-10-17(18)20(21(23)25)22-15(2)24/h5-12,20H,3-4,13-14H2,1-2H3,(H,22,24). The summed E-state index contributed by atoms with van der Waals surface area (Å²) in [5.74, 6) is 0.460. The van der Waals surface area contributed by atoms with Crippen LogP contribution in [0.1, 0.15) is 43.9 Å². The van der Waals surface area contributed by atoms with E-state index in [4.69, 9.17) is 4.74 Å². The molecule has 5 heteroatoms. The number of nitrogens with one attached hydrogen (secondary N) is 1. The second kappa shape index (κ2) is 8.04. The largest absolute Gasteiger partial charge is 0.493 e. The number of carbonyl (C=O) groups is 2. The van der Waals surface area contributed by atoms with Gasteiger partial charge in [-0.1, -0.05) is 49.7 Å². The number of amides is 2. The van der Waals surface area contributed by atoms with E-state index in [1.165, 1.54) is 6.92 Å². The van der Waals surface area contributed by atoms with Crippen molar-refractivity contribution in [2.75, 3.05) is 11.5 Å². The van der Waals surface area contributed by atoms with Crippen LogP contribution in [0, 0.1) is 0 Å². The molecule has 2 aromatic carbocycles. The summed E-state index contributed by atoms with van der Waals surface area (Å²) < 4.78 is 5.89. The number of fused-ring (bicyclic) bond motifs is 1. The highest BCUT2D eigenvalue weighted by molar-refractivity contribution is 6.06. The van der Waals surface area contributed by atoms with Crippen molar-refractivity contribution in [3.05, 3.63) is 59.7 Å². The molecule has 1 unspecified atom stereocenters. The highest BCUT2D eigenvalue weighted by Gasteiger charge is 2.37. The van der Waals surface area contributed by atoms with Crippen LogP contribution in [0.3, 0.4) is 0 Å². The molecule has 26 heavy (non-hydrogen) atoms. The van der Waals surface area contributed by atoms with Crippen molar-refractivity contribution in [3.63, 3.8) is 0 Å². The number of nitrogens with zero attached hydrogens (tertiary/aromatic N) is 1. The fraction of sp³-hybridized carbons (Fsp3) is 0.333. The Labute approximate surface area is 154 Å². The van der Waals surface area contributed by atoms with Gasteiger partial charge in [0.2, 0.25) is 5.91 Å². The number of ether oxygens (including phenoxy) is 1. The van der Waals surface area contributed by atoms with Gasteiger partial charge in [0.15, 0.2) is 0 Å². The topological polar surface area (TPSA) is 58.6 Å². The predicted octanol–water partition coefficient (Wildman–Crippen LogP) is 3.59. The van der Waals surface area contributed by atoms with Crippen molar-refractivity contribution in [2.45, 2.75) is 39.3 Å². The number of hydrogen-bond acceptors (Lipinski definition) is 3. The van der Waals surface area contributed by atoms with Gasteiger partial charge in [-0.25, -0.2) is 0 Å². The number of benzene rings is 2. The summed E-state index contributed by atoms with van der Waals surface area (Å²) in [6, 6.07) is 14.7. The Morgan fingerprint density at radius 1 is 1.15 bits per heavy atom. The summed E-state index contributed by atoms with van der Waals surface area (Å²) >= 11 is 0. The number of anilines is 1. The predicted molar refractivity (Wildman–Crippen MR) is 101 cm³/mol. The summed E-state index contributed by atoms with van der Waals surface area (Å²) in [5, 5.41) is 2.76. The normalized spacial score (nSPS) is 15.7. The first kappa shape index (κ1) is 18.0. The third-order valence-corrected chi connectivity index (χ3v) is 4.46. The Kier molecular flexibility index (Phi) is 5.56. The smallest absolute Gasteiger partial charge is 0.254 e. The van der Waals surface area contributed by atoms with E-state index in [0.717, 1.165) is 35.4 Å². The quantitative estimate of drug-likeness (QED) is 0.775. The van der Waals surface area contributed by atoms with Gasteiger partial charge in [0.05, 0.1) is 13.2 Å². The van der Waals surface area contributed by atoms with Gasteiger partial charge < -0.3 is 15.0 Å². The van der Waals surface area contributed by atoms with Crippen LogP contribution in [-0.4, -0.2) is 18.4 Å². The fourth-order valence-corrected chi connectivity index (χ4v) is 3.16. The van der Waals surface area contributed by atoms with Crippen molar-refractivity contribution < 1.29 is 14.3 Å². The van der Waals surface area contributed by atoms with Crippen LogP contribution < -0.4 is 15.0 Å². The van der Waals surface area contributed by atoms with Crippen molar-refractivity contribution >= 4 is 17.5 Å². The van der Waals surface area contributed by atoms with Crippen LogP contribution in [0.4, 0.5) is 5.69 Å². The van der Waals surface area contributed by atoms with Crippen LogP contribution in [0.25, 0.3) is 0 Å². The molecular formula is C21H24N2O3. The van der Waals surface area contributed by atoms with E-state index in [0.29, 0.717) is 13.2 Å². The van der Waals surface area contributed by atoms with Gasteiger partial charge in [-0.3, -0.25) is 9.59 Å². The summed E-state index contributed by atoms with van der Waals surface area (Å²) in [6.45, 7) is 4.62. The summed E-state index contributed by atoms with van der Waals surface area (Å²) in [7, 11) is 0. The molecule has 0 aliphatic carbocycles. The van der Waals surface area contributed by atoms with E-state index < -0.39 is 6.04 Å². The van der Waals surface area contributed by atoms with Gasteiger partial charge in [0.25, 0.3) is 5.91 Å². The number of hydrogen-bond donors (Lipinski definition) is 1. The minimum atomic E-state index is -0.628. The maximum atomic E-state index is 12.9. The molecule has 2 aromatic rings. The van der Waals surface area contributed by atoms with Gasteiger partial charge in [0.1, 0.15) is 11.8 Å². The lowest BCUT2D eigenvalue weighted by atomic mass is 10.1. The Balaban J connectivity index is 1.86. The lowest BCUT2D eigenvalue weighted by Gasteiger charge is -2.20. The first-order valence-corrected chi connectivity index (χ1v) is 9.00. The molecule has 0 radical (unpaired) electrons. The molecule has 0 saturated carbocycles. The molecule has 0 bridgehead atoms. The Hall–Kier alpha value is -2.82. The van der Waals surface area contributed by atoms with Crippen LogP contribution in [0.2, 0.25) is 0 Å². The second-order valence-electron chi connectivity index (χ2n) is 6.43. The first-order chi connectivity index (χ1) is 12.6. The van der Waals surface area contributed by atoms with Gasteiger partial charge in [-0.05, 0) is 18.6 Å². The van der Waals surface area contributed by atoms with Crippen molar-refractivity contribution in [3.8, 4) is 5.75 Å². The molecule has 3 rings (SSSR count). The first-order valence-electron chi connectivity index (χ1n) is 9.00. The lowest BCUT2D eigenvalue weighted by molar-refractivity contribution is -0.126. The molecule has 1 aliphatic rings. The zero-order valence-corrected chi connectivity index (χ0v) is 15.2. The van der Waals surface area contributed by atoms with Crippen molar-refractivity contribution in [1.29, 1.82) is 0 Å². The number of para-hydroxylation sites is 2. The van der Waals surface area contributed by atoms with Crippen LogP contribution in [0.15, 0.2) is 48.5 Å². The van der Waals surface area contributed by atoms with E-state index in [9.17, 15) is 9.59 Å². The molecule has 2 amide bonds. The van der Waals surface area contributed by atoms with E-state index in [-0.39, 0.29) is 11.8 Å². The highest BCUT2D eigenvalue weighted by Crippen LogP contribution is 2.37. The molecule has 0 saturated heterocycles. The maximum absolute atomic E-state index is 12.9. The molecule has 1 atom stereocenters. The molecule has 0 aromatic heterocycles. The highest BCUT2D eigenvalue weighted by atomic mass is 16.5. The van der Waals surface area contributed by atoms with Crippen molar-refractivity contribution in [2.24, 2.45) is 0 Å². The minimum absolute atomic E-state index is 0.121. The Morgan fingerprint density at radius 2 is 1.88 bits per heavy atom. The van der Waals surface area contributed by atoms with Gasteiger partial charge in [-0.2, -0.15) is 0 Å². The van der Waals surface area contributed by atoms with Crippen molar-refractivity contribution in [1.82, 2.24) is 5.32 Å². The van der Waals surface area contributed by atoms with Crippen LogP contribution >= 0.6 is 0 Å². The molecule has 5 nitrogen and oxygen atoms in total. The zero-order chi connectivity index (χ0) is 18.5.